The summed E-state index contributed by atoms with van der Waals surface area (Å²) in [4.78, 5) is 39.4. The zero-order valence-electron chi connectivity index (χ0n) is 20.3. The van der Waals surface area contributed by atoms with Crippen molar-refractivity contribution in [2.45, 2.75) is 51.4 Å². The van der Waals surface area contributed by atoms with Crippen molar-refractivity contribution in [3.05, 3.63) is 57.2 Å². The van der Waals surface area contributed by atoms with E-state index in [2.05, 4.69) is 5.32 Å². The van der Waals surface area contributed by atoms with Crippen molar-refractivity contribution in [3.8, 4) is 0 Å². The first-order chi connectivity index (χ1) is 16.5. The van der Waals surface area contributed by atoms with Crippen LogP contribution < -0.4 is 5.32 Å². The number of carbonyl (C=O) groups is 3. The van der Waals surface area contributed by atoms with Crippen molar-refractivity contribution in [1.82, 2.24) is 5.32 Å². The molecule has 0 spiro atoms. The fourth-order valence-corrected chi connectivity index (χ4v) is 5.96. The van der Waals surface area contributed by atoms with E-state index in [4.69, 9.17) is 21.1 Å². The van der Waals surface area contributed by atoms with E-state index in [0.717, 1.165) is 25.9 Å². The second-order valence-electron chi connectivity index (χ2n) is 10.5. The molecule has 3 fully saturated rings. The molecule has 1 amide bonds. The summed E-state index contributed by atoms with van der Waals surface area (Å²) in [7, 11) is 0. The lowest BCUT2D eigenvalue weighted by Crippen LogP contribution is -2.65. The Morgan fingerprint density at radius 2 is 1.80 bits per heavy atom. The average molecular weight is 520 g/mol. The maximum atomic E-state index is 13.4. The Morgan fingerprint density at radius 3 is 2.40 bits per heavy atom. The molecule has 5 rings (SSSR count). The van der Waals surface area contributed by atoms with Gasteiger partial charge in [0.1, 0.15) is 18.7 Å². The summed E-state index contributed by atoms with van der Waals surface area (Å²) in [5, 5.41) is 2.68. The van der Waals surface area contributed by atoms with Crippen LogP contribution >= 0.6 is 22.9 Å². The number of hydrogen-bond donors (Lipinski definition) is 1. The number of halogens is 1. The summed E-state index contributed by atoms with van der Waals surface area (Å²) in [5.41, 5.74) is -0.0701. The summed E-state index contributed by atoms with van der Waals surface area (Å²) in [6, 6.07) is 11.6. The van der Waals surface area contributed by atoms with Gasteiger partial charge in [0.25, 0.3) is 0 Å². The van der Waals surface area contributed by atoms with Crippen LogP contribution in [0.4, 0.5) is 4.79 Å². The Balaban J connectivity index is 1.46. The van der Waals surface area contributed by atoms with E-state index in [-0.39, 0.29) is 17.8 Å². The normalized spacial score (nSPS) is 24.5. The molecule has 0 aliphatic carbocycles. The highest BCUT2D eigenvalue weighted by molar-refractivity contribution is 7.18. The molecule has 3 aliphatic heterocycles. The smallest absolute Gasteiger partial charge is 0.408 e. The predicted octanol–water partition coefficient (Wildman–Crippen LogP) is 5.00. The third kappa shape index (κ3) is 6.42. The first-order valence-electron chi connectivity index (χ1n) is 11.9. The minimum atomic E-state index is -0.982. The zero-order chi connectivity index (χ0) is 25.2. The van der Waals surface area contributed by atoms with Gasteiger partial charge >= 0.3 is 12.1 Å². The first kappa shape index (κ1) is 25.7. The van der Waals surface area contributed by atoms with E-state index < -0.39 is 23.7 Å². The van der Waals surface area contributed by atoms with Crippen LogP contribution in [0.15, 0.2) is 42.5 Å². The second-order valence-corrected chi connectivity index (χ2v) is 12.2. The maximum absolute atomic E-state index is 13.4. The number of hydrogen-bond acceptors (Lipinski definition) is 6. The molecule has 1 aromatic carbocycles. The zero-order valence-corrected chi connectivity index (χ0v) is 21.9. The molecular weight excluding hydrogens is 488 g/mol. The van der Waals surface area contributed by atoms with Gasteiger partial charge in [-0.25, -0.2) is 9.59 Å². The van der Waals surface area contributed by atoms with Crippen molar-refractivity contribution >= 4 is 40.8 Å². The highest BCUT2D eigenvalue weighted by atomic mass is 35.5. The van der Waals surface area contributed by atoms with E-state index in [9.17, 15) is 14.4 Å². The van der Waals surface area contributed by atoms with Gasteiger partial charge in [0, 0.05) is 18.8 Å². The number of Topliss-reactive ketones (excluding diaryl/α,β-unsaturated/α-hetero) is 1. The van der Waals surface area contributed by atoms with Gasteiger partial charge in [0.05, 0.1) is 22.3 Å². The molecule has 3 saturated heterocycles. The monoisotopic (exact) mass is 519 g/mol. The Labute approximate surface area is 214 Å². The first-order valence-corrected chi connectivity index (χ1v) is 13.1. The molecule has 0 radical (unpaired) electrons. The number of thiophene rings is 1. The standard InChI is InChI=1S/C26H31ClN2O5S/c1-26(2,3)34-25(32)28-23(18-7-5-4-6-8-18)24(31)33-20-16-29(13-11-17(20)12-14-29)15-19(30)21-9-10-22(27)35-21/h4-10,17,20,23H,11-16H2,1-3H3/p+1/t17?,20-,23?,29?/m0/s1. The Hall–Kier alpha value is -2.42. The number of benzene rings is 1. The van der Waals surface area contributed by atoms with Crippen LogP contribution in [-0.2, 0) is 14.3 Å². The van der Waals surface area contributed by atoms with E-state index >= 15 is 0 Å². The predicted molar refractivity (Wildman–Crippen MR) is 135 cm³/mol. The molecule has 3 aliphatic rings. The number of esters is 1. The van der Waals surface area contributed by atoms with Crippen molar-refractivity contribution in [2.75, 3.05) is 26.2 Å². The molecule has 1 aromatic heterocycles. The summed E-state index contributed by atoms with van der Waals surface area (Å²) < 4.78 is 12.6. The Morgan fingerprint density at radius 1 is 1.11 bits per heavy atom. The van der Waals surface area contributed by atoms with Gasteiger partial charge in [-0.3, -0.25) is 4.79 Å². The van der Waals surface area contributed by atoms with Crippen LogP contribution in [0.3, 0.4) is 0 Å². The lowest BCUT2D eigenvalue weighted by atomic mass is 9.83. The number of quaternary nitrogens is 1. The number of carbonyl (C=O) groups excluding carboxylic acids is 3. The third-order valence-corrected chi connectivity index (χ3v) is 7.94. The minimum Gasteiger partial charge on any atom is -0.454 e. The Bertz CT molecular complexity index is 1070. The van der Waals surface area contributed by atoms with Crippen molar-refractivity contribution in [2.24, 2.45) is 5.92 Å². The summed E-state index contributed by atoms with van der Waals surface area (Å²) in [6.07, 6.45) is 0.801. The lowest BCUT2D eigenvalue weighted by Gasteiger charge is -2.51. The highest BCUT2D eigenvalue weighted by Gasteiger charge is 2.49. The Kier molecular flexibility index (Phi) is 7.54. The fraction of sp³-hybridized carbons (Fsp3) is 0.500. The molecule has 0 saturated carbocycles. The van der Waals surface area contributed by atoms with Crippen molar-refractivity contribution < 1.29 is 28.3 Å². The van der Waals surface area contributed by atoms with Crippen LogP contribution in [0.1, 0.15) is 54.9 Å². The van der Waals surface area contributed by atoms with Gasteiger partial charge < -0.3 is 19.3 Å². The van der Waals surface area contributed by atoms with Gasteiger partial charge in [-0.2, -0.15) is 0 Å². The highest BCUT2D eigenvalue weighted by Crippen LogP contribution is 2.37. The van der Waals surface area contributed by atoms with Gasteiger partial charge in [-0.1, -0.05) is 41.9 Å². The average Bonchev–Trinajstić information content (AvgIpc) is 3.24. The molecule has 2 atom stereocenters. The van der Waals surface area contributed by atoms with E-state index in [1.54, 1.807) is 45.0 Å². The molecule has 1 unspecified atom stereocenters. The van der Waals surface area contributed by atoms with Crippen LogP contribution in [0.5, 0.6) is 0 Å². The minimum absolute atomic E-state index is 0.0704. The van der Waals surface area contributed by atoms with Gasteiger partial charge in [-0.05, 0) is 38.5 Å². The van der Waals surface area contributed by atoms with Crippen molar-refractivity contribution in [3.63, 3.8) is 0 Å². The van der Waals surface area contributed by atoms with Crippen LogP contribution in [0, 0.1) is 5.92 Å². The molecular formula is C26H32ClN2O5S+. The number of nitrogens with one attached hydrogen (secondary N) is 1. The van der Waals surface area contributed by atoms with Crippen LogP contribution in [-0.4, -0.2) is 60.2 Å². The van der Waals surface area contributed by atoms with E-state index in [1.807, 2.05) is 18.2 Å². The quantitative estimate of drug-likeness (QED) is 0.316. The van der Waals surface area contributed by atoms with Gasteiger partial charge in [0.15, 0.2) is 12.1 Å². The SMILES string of the molecule is CC(C)(C)OC(=O)NC(C(=O)O[C@H]1C[N+]2(CC(=O)c3ccc(Cl)s3)CCC1CC2)c1ccccc1. The molecule has 4 heterocycles. The fourth-order valence-electron chi connectivity index (χ4n) is 4.99. The van der Waals surface area contributed by atoms with Crippen LogP contribution in [0.25, 0.3) is 0 Å². The molecule has 2 bridgehead atoms. The second kappa shape index (κ2) is 10.3. The molecule has 1 N–H and O–H groups in total. The topological polar surface area (TPSA) is 81.7 Å². The maximum Gasteiger partial charge on any atom is 0.408 e. The molecule has 9 heteroatoms. The van der Waals surface area contributed by atoms with E-state index in [0.29, 0.717) is 32.3 Å². The number of amides is 1. The number of ether oxygens (including phenoxy) is 2. The molecule has 2 aromatic rings. The molecule has 35 heavy (non-hydrogen) atoms. The number of nitrogens with zero attached hydrogens (tertiary/aromatic N) is 1. The third-order valence-electron chi connectivity index (χ3n) is 6.67. The largest absolute Gasteiger partial charge is 0.454 e. The number of ketones is 1. The summed E-state index contributed by atoms with van der Waals surface area (Å²) >= 11 is 7.32. The number of alkyl carbamates (subject to hydrolysis) is 1. The van der Waals surface area contributed by atoms with Crippen LogP contribution in [0.2, 0.25) is 4.34 Å². The number of piperidine rings is 3. The molecule has 7 nitrogen and oxygen atoms in total. The molecule has 188 valence electrons. The van der Waals surface area contributed by atoms with Gasteiger partial charge in [-0.15, -0.1) is 11.3 Å². The summed E-state index contributed by atoms with van der Waals surface area (Å²) in [6.45, 7) is 8.05. The summed E-state index contributed by atoms with van der Waals surface area (Å²) in [5.74, 6) is -0.195. The van der Waals surface area contributed by atoms with E-state index in [1.165, 1.54) is 11.3 Å². The lowest BCUT2D eigenvalue weighted by molar-refractivity contribution is -0.938. The number of rotatable bonds is 7. The van der Waals surface area contributed by atoms with Gasteiger partial charge in [0.2, 0.25) is 5.78 Å². The van der Waals surface area contributed by atoms with Crippen molar-refractivity contribution in [1.29, 1.82) is 0 Å². The number of fused-ring (bicyclic) bond motifs is 3.